The lowest BCUT2D eigenvalue weighted by atomic mass is 10.1. The van der Waals surface area contributed by atoms with Crippen LogP contribution in [-0.4, -0.2) is 60.5 Å². The molecule has 0 spiro atoms. The fraction of sp³-hybridized carbons (Fsp3) is 0.450. The van der Waals surface area contributed by atoms with Gasteiger partial charge in [-0.1, -0.05) is 6.42 Å². The number of amides is 2. The number of hydrogen-bond acceptors (Lipinski definition) is 7. The molecule has 1 heterocycles. The SMILES string of the molecule is O=C(O)CCNC(=O)CNC(=O)c1cc(NC2=NCCCCC2)cc(OC(=O)C(F)(F)F)c1. The maximum absolute atomic E-state index is 12.6. The lowest BCUT2D eigenvalue weighted by Crippen LogP contribution is -2.37. The predicted octanol–water partition coefficient (Wildman–Crippen LogP) is 1.86. The molecule has 1 aromatic carbocycles. The summed E-state index contributed by atoms with van der Waals surface area (Å²) in [7, 11) is 0. The lowest BCUT2D eigenvalue weighted by molar-refractivity contribution is -0.189. The highest BCUT2D eigenvalue weighted by atomic mass is 19.4. The van der Waals surface area contributed by atoms with E-state index in [1.807, 2.05) is 0 Å². The number of benzene rings is 1. The van der Waals surface area contributed by atoms with Crippen LogP contribution in [0.2, 0.25) is 0 Å². The monoisotopic (exact) mass is 472 g/mol. The van der Waals surface area contributed by atoms with Crippen molar-refractivity contribution in [3.63, 3.8) is 0 Å². The van der Waals surface area contributed by atoms with E-state index in [1.54, 1.807) is 0 Å². The Morgan fingerprint density at radius 2 is 1.82 bits per heavy atom. The van der Waals surface area contributed by atoms with Gasteiger partial charge < -0.3 is 25.8 Å². The van der Waals surface area contributed by atoms with E-state index in [2.05, 4.69) is 25.7 Å². The van der Waals surface area contributed by atoms with Crippen LogP contribution in [0.1, 0.15) is 42.5 Å². The number of alkyl halides is 3. The molecular weight excluding hydrogens is 449 g/mol. The molecule has 1 aromatic rings. The summed E-state index contributed by atoms with van der Waals surface area (Å²) in [5, 5.41) is 16.0. The van der Waals surface area contributed by atoms with Crippen molar-refractivity contribution in [1.29, 1.82) is 0 Å². The molecule has 13 heteroatoms. The van der Waals surface area contributed by atoms with Gasteiger partial charge in [-0.15, -0.1) is 0 Å². The Bertz CT molecular complexity index is 933. The third-order valence-corrected chi connectivity index (χ3v) is 4.34. The summed E-state index contributed by atoms with van der Waals surface area (Å²) in [6, 6.07) is 3.38. The van der Waals surface area contributed by atoms with Gasteiger partial charge in [0, 0.05) is 36.8 Å². The highest BCUT2D eigenvalue weighted by Gasteiger charge is 2.41. The van der Waals surface area contributed by atoms with Crippen molar-refractivity contribution in [2.45, 2.75) is 38.3 Å². The van der Waals surface area contributed by atoms with Crippen LogP contribution in [-0.2, 0) is 14.4 Å². The van der Waals surface area contributed by atoms with Crippen molar-refractivity contribution >= 4 is 35.3 Å². The Balaban J connectivity index is 2.15. The van der Waals surface area contributed by atoms with Crippen LogP contribution in [0.15, 0.2) is 23.2 Å². The molecule has 4 N–H and O–H groups in total. The average Bonchev–Trinajstić information content (AvgIpc) is 2.99. The first-order valence-corrected chi connectivity index (χ1v) is 10.1. The molecule has 33 heavy (non-hydrogen) atoms. The molecule has 0 saturated heterocycles. The van der Waals surface area contributed by atoms with Gasteiger partial charge in [0.15, 0.2) is 0 Å². The number of nitrogens with zero attached hydrogens (tertiary/aromatic N) is 1. The van der Waals surface area contributed by atoms with Crippen LogP contribution in [0, 0.1) is 0 Å². The second-order valence-corrected chi connectivity index (χ2v) is 7.07. The lowest BCUT2D eigenvalue weighted by Gasteiger charge is -2.14. The van der Waals surface area contributed by atoms with Crippen molar-refractivity contribution in [2.75, 3.05) is 25.0 Å². The summed E-state index contributed by atoms with van der Waals surface area (Å²) in [6.07, 6.45) is -2.20. The summed E-state index contributed by atoms with van der Waals surface area (Å²) in [6.45, 7) is -0.0565. The molecule has 1 aliphatic rings. The zero-order chi connectivity index (χ0) is 24.4. The van der Waals surface area contributed by atoms with Gasteiger partial charge in [-0.3, -0.25) is 19.4 Å². The van der Waals surface area contributed by atoms with Gasteiger partial charge in [0.05, 0.1) is 13.0 Å². The zero-order valence-electron chi connectivity index (χ0n) is 17.5. The molecule has 2 amide bonds. The fourth-order valence-electron chi connectivity index (χ4n) is 2.80. The molecule has 0 atom stereocenters. The van der Waals surface area contributed by atoms with Crippen molar-refractivity contribution < 1.29 is 42.2 Å². The largest absolute Gasteiger partial charge is 0.491 e. The van der Waals surface area contributed by atoms with Crippen LogP contribution in [0.3, 0.4) is 0 Å². The number of amidine groups is 1. The molecule has 0 radical (unpaired) electrons. The minimum atomic E-state index is -5.23. The number of aliphatic imine (C=N–C) groups is 1. The first kappa shape index (κ1) is 25.6. The number of carbonyl (C=O) groups excluding carboxylic acids is 3. The van der Waals surface area contributed by atoms with E-state index in [-0.39, 0.29) is 24.2 Å². The van der Waals surface area contributed by atoms with Crippen LogP contribution in [0.5, 0.6) is 5.75 Å². The molecule has 0 fully saturated rings. The standard InChI is InChI=1S/C20H23F3N4O6/c21-20(22,23)19(32)33-14-9-12(18(31)26-11-16(28)25-7-5-17(29)30)8-13(10-14)27-15-4-2-1-3-6-24-15/h8-10H,1-7,11H2,(H,24,27)(H,25,28)(H,26,31)(H,29,30). The highest BCUT2D eigenvalue weighted by molar-refractivity contribution is 6.00. The van der Waals surface area contributed by atoms with Crippen LogP contribution < -0.4 is 20.7 Å². The zero-order valence-corrected chi connectivity index (χ0v) is 17.5. The Morgan fingerprint density at radius 1 is 1.06 bits per heavy atom. The number of aliphatic carboxylic acids is 1. The third kappa shape index (κ3) is 9.17. The average molecular weight is 472 g/mol. The summed E-state index contributed by atoms with van der Waals surface area (Å²) >= 11 is 0. The normalized spacial score (nSPS) is 13.8. The molecule has 0 unspecified atom stereocenters. The Morgan fingerprint density at radius 3 is 2.52 bits per heavy atom. The Hall–Kier alpha value is -3.64. The summed E-state index contributed by atoms with van der Waals surface area (Å²) in [5.74, 6) is -4.98. The minimum Gasteiger partial charge on any atom is -0.481 e. The molecule has 180 valence electrons. The molecule has 0 saturated carbocycles. The summed E-state index contributed by atoms with van der Waals surface area (Å²) < 4.78 is 42.2. The van der Waals surface area contributed by atoms with Crippen LogP contribution >= 0.6 is 0 Å². The maximum Gasteiger partial charge on any atom is 0.491 e. The first-order chi connectivity index (χ1) is 15.5. The number of carbonyl (C=O) groups is 4. The molecule has 1 aliphatic heterocycles. The molecule has 0 bridgehead atoms. The second kappa shape index (κ2) is 11.8. The van der Waals surface area contributed by atoms with Gasteiger partial charge >= 0.3 is 18.1 Å². The van der Waals surface area contributed by atoms with Crippen LogP contribution in [0.4, 0.5) is 18.9 Å². The van der Waals surface area contributed by atoms with Gasteiger partial charge in [0.25, 0.3) is 5.91 Å². The van der Waals surface area contributed by atoms with E-state index in [0.29, 0.717) is 18.8 Å². The number of esters is 1. The Labute approximate surface area is 186 Å². The number of rotatable bonds is 8. The summed E-state index contributed by atoms with van der Waals surface area (Å²) in [5.41, 5.74) is 0.0108. The van der Waals surface area contributed by atoms with Crippen molar-refractivity contribution in [3.8, 4) is 5.75 Å². The molecule has 0 aromatic heterocycles. The van der Waals surface area contributed by atoms with Crippen LogP contribution in [0.25, 0.3) is 0 Å². The van der Waals surface area contributed by atoms with Gasteiger partial charge in [-0.05, 0) is 25.0 Å². The first-order valence-electron chi connectivity index (χ1n) is 10.1. The van der Waals surface area contributed by atoms with Gasteiger partial charge in [0.2, 0.25) is 5.91 Å². The quantitative estimate of drug-likeness (QED) is 0.334. The van der Waals surface area contributed by atoms with Gasteiger partial charge in [-0.25, -0.2) is 4.79 Å². The molecule has 0 aliphatic carbocycles. The number of ether oxygens (including phenoxy) is 1. The topological polar surface area (TPSA) is 146 Å². The van der Waals surface area contributed by atoms with E-state index >= 15 is 0 Å². The highest BCUT2D eigenvalue weighted by Crippen LogP contribution is 2.25. The summed E-state index contributed by atoms with van der Waals surface area (Å²) in [4.78, 5) is 50.2. The maximum atomic E-state index is 12.6. The molecular formula is C20H23F3N4O6. The van der Waals surface area contributed by atoms with Crippen molar-refractivity contribution in [3.05, 3.63) is 23.8 Å². The smallest absolute Gasteiger partial charge is 0.481 e. The number of carboxylic acid groups (broad SMARTS) is 1. The van der Waals surface area contributed by atoms with Crippen molar-refractivity contribution in [2.24, 2.45) is 4.99 Å². The second-order valence-electron chi connectivity index (χ2n) is 7.07. The fourth-order valence-corrected chi connectivity index (χ4v) is 2.80. The number of carboxylic acids is 1. The number of halogens is 3. The van der Waals surface area contributed by atoms with Gasteiger partial charge in [-0.2, -0.15) is 13.2 Å². The minimum absolute atomic E-state index is 0.136. The van der Waals surface area contributed by atoms with E-state index in [9.17, 15) is 32.3 Å². The number of nitrogens with one attached hydrogen (secondary N) is 3. The van der Waals surface area contributed by atoms with Crippen molar-refractivity contribution in [1.82, 2.24) is 10.6 Å². The van der Waals surface area contributed by atoms with E-state index in [4.69, 9.17) is 5.11 Å². The number of anilines is 1. The van der Waals surface area contributed by atoms with E-state index in [0.717, 1.165) is 31.4 Å². The van der Waals surface area contributed by atoms with E-state index in [1.165, 1.54) is 6.07 Å². The predicted molar refractivity (Wildman–Crippen MR) is 110 cm³/mol. The third-order valence-electron chi connectivity index (χ3n) is 4.34. The number of hydrogen-bond donors (Lipinski definition) is 4. The van der Waals surface area contributed by atoms with E-state index < -0.39 is 42.2 Å². The molecule has 2 rings (SSSR count). The Kier molecular flexibility index (Phi) is 9.18. The molecule has 10 nitrogen and oxygen atoms in total. The van der Waals surface area contributed by atoms with Gasteiger partial charge in [0.1, 0.15) is 11.6 Å².